The van der Waals surface area contributed by atoms with Gasteiger partial charge in [-0.3, -0.25) is 0 Å². The third-order valence-electron chi connectivity index (χ3n) is 3.70. The van der Waals surface area contributed by atoms with Gasteiger partial charge in [0.15, 0.2) is 0 Å². The molecule has 0 atom stereocenters. The van der Waals surface area contributed by atoms with Crippen molar-refractivity contribution in [2.24, 2.45) is 0 Å². The van der Waals surface area contributed by atoms with Crippen molar-refractivity contribution in [3.05, 3.63) is 102 Å². The summed E-state index contributed by atoms with van der Waals surface area (Å²) in [5, 5.41) is 0. The maximum Gasteiger partial charge on any atom is 0.514 e. The molecule has 26 heavy (non-hydrogen) atoms. The maximum absolute atomic E-state index is 11.8. The van der Waals surface area contributed by atoms with Gasteiger partial charge < -0.3 is 9.47 Å². The Morgan fingerprint density at radius 2 is 1.23 bits per heavy atom. The third-order valence-corrected chi connectivity index (χ3v) is 4.78. The second-order valence-corrected chi connectivity index (χ2v) is 6.73. The summed E-state index contributed by atoms with van der Waals surface area (Å²) in [5.41, 5.74) is 3.43. The van der Waals surface area contributed by atoms with Gasteiger partial charge in [0.1, 0.15) is 12.4 Å². The van der Waals surface area contributed by atoms with Crippen molar-refractivity contribution in [2.45, 2.75) is 18.1 Å². The van der Waals surface area contributed by atoms with E-state index in [-0.39, 0.29) is 6.61 Å². The Labute approximate surface area is 158 Å². The van der Waals surface area contributed by atoms with Gasteiger partial charge in [-0.2, -0.15) is 11.8 Å². The molecule has 0 amide bonds. The van der Waals surface area contributed by atoms with Crippen LogP contribution in [0.1, 0.15) is 16.7 Å². The minimum atomic E-state index is -0.694. The van der Waals surface area contributed by atoms with E-state index in [2.05, 4.69) is 24.3 Å². The number of ether oxygens (including phenoxy) is 2. The molecule has 0 radical (unpaired) electrons. The molecule has 0 N–H and O–H groups in total. The first kappa shape index (κ1) is 18.1. The Morgan fingerprint density at radius 1 is 0.692 bits per heavy atom. The molecule has 0 bridgehead atoms. The van der Waals surface area contributed by atoms with E-state index < -0.39 is 6.16 Å². The van der Waals surface area contributed by atoms with Crippen molar-refractivity contribution in [1.82, 2.24) is 0 Å². The average Bonchev–Trinajstić information content (AvgIpc) is 2.69. The molecule has 0 aliphatic carbocycles. The molecule has 0 aliphatic heterocycles. The van der Waals surface area contributed by atoms with Crippen molar-refractivity contribution in [3.63, 3.8) is 0 Å². The van der Waals surface area contributed by atoms with E-state index in [4.69, 9.17) is 9.47 Å². The molecule has 3 rings (SSSR count). The Hall–Kier alpha value is -2.72. The van der Waals surface area contributed by atoms with Crippen molar-refractivity contribution >= 4 is 17.9 Å². The van der Waals surface area contributed by atoms with Crippen molar-refractivity contribution in [1.29, 1.82) is 0 Å². The van der Waals surface area contributed by atoms with E-state index in [1.807, 2.05) is 60.3 Å². The van der Waals surface area contributed by atoms with E-state index in [0.717, 1.165) is 17.1 Å². The number of hydrogen-bond donors (Lipinski definition) is 0. The van der Waals surface area contributed by atoms with E-state index in [1.165, 1.54) is 11.1 Å². The van der Waals surface area contributed by atoms with Crippen LogP contribution in [0.25, 0.3) is 0 Å². The zero-order valence-corrected chi connectivity index (χ0v) is 15.2. The SMILES string of the molecule is O=C(OCc1ccccc1)Oc1ccc(CSCc2ccccc2)cc1. The molecule has 3 aromatic rings. The zero-order valence-electron chi connectivity index (χ0n) is 14.3. The van der Waals surface area contributed by atoms with Crippen LogP contribution in [0, 0.1) is 0 Å². The predicted molar refractivity (Wildman–Crippen MR) is 105 cm³/mol. The van der Waals surface area contributed by atoms with Gasteiger partial charge in [0.05, 0.1) is 0 Å². The van der Waals surface area contributed by atoms with Gasteiger partial charge in [-0.1, -0.05) is 72.8 Å². The molecule has 132 valence electrons. The van der Waals surface area contributed by atoms with Crippen LogP contribution in [0.4, 0.5) is 4.79 Å². The molecule has 0 unspecified atom stereocenters. The van der Waals surface area contributed by atoms with Gasteiger partial charge in [0.25, 0.3) is 0 Å². The van der Waals surface area contributed by atoms with E-state index >= 15 is 0 Å². The summed E-state index contributed by atoms with van der Waals surface area (Å²) in [4.78, 5) is 11.8. The number of carbonyl (C=O) groups is 1. The molecule has 0 spiro atoms. The smallest absolute Gasteiger partial charge is 0.429 e. The molecule has 0 fully saturated rings. The third kappa shape index (κ3) is 5.97. The highest BCUT2D eigenvalue weighted by atomic mass is 32.2. The van der Waals surface area contributed by atoms with Gasteiger partial charge in [0.2, 0.25) is 0 Å². The lowest BCUT2D eigenvalue weighted by atomic mass is 10.2. The number of thioether (sulfide) groups is 1. The summed E-state index contributed by atoms with van der Waals surface area (Å²) in [7, 11) is 0. The van der Waals surface area contributed by atoms with Gasteiger partial charge in [0, 0.05) is 11.5 Å². The second-order valence-electron chi connectivity index (χ2n) is 5.75. The number of benzene rings is 3. The van der Waals surface area contributed by atoms with Gasteiger partial charge in [-0.25, -0.2) is 4.79 Å². The Morgan fingerprint density at radius 3 is 1.85 bits per heavy atom. The Bertz CT molecular complexity index is 802. The van der Waals surface area contributed by atoms with Crippen molar-refractivity contribution < 1.29 is 14.3 Å². The normalized spacial score (nSPS) is 10.3. The van der Waals surface area contributed by atoms with Crippen LogP contribution in [0.2, 0.25) is 0 Å². The highest BCUT2D eigenvalue weighted by molar-refractivity contribution is 7.97. The van der Waals surface area contributed by atoms with E-state index in [0.29, 0.717) is 5.75 Å². The molecule has 3 nitrogen and oxygen atoms in total. The molecule has 0 saturated carbocycles. The highest BCUT2D eigenvalue weighted by Crippen LogP contribution is 2.20. The van der Waals surface area contributed by atoms with E-state index in [1.54, 1.807) is 12.1 Å². The number of carbonyl (C=O) groups excluding carboxylic acids is 1. The first-order valence-electron chi connectivity index (χ1n) is 8.39. The first-order valence-corrected chi connectivity index (χ1v) is 9.54. The lowest BCUT2D eigenvalue weighted by molar-refractivity contribution is 0.0928. The fourth-order valence-electron chi connectivity index (χ4n) is 2.36. The van der Waals surface area contributed by atoms with Crippen LogP contribution in [0.3, 0.4) is 0 Å². The first-order chi connectivity index (χ1) is 12.8. The molecular formula is C22H20O3S. The molecule has 0 aliphatic rings. The Balaban J connectivity index is 1.41. The fourth-order valence-corrected chi connectivity index (χ4v) is 3.32. The summed E-state index contributed by atoms with van der Waals surface area (Å²) in [6, 6.07) is 27.4. The summed E-state index contributed by atoms with van der Waals surface area (Å²) < 4.78 is 10.3. The maximum atomic E-state index is 11.8. The number of rotatable bonds is 7. The lowest BCUT2D eigenvalue weighted by Crippen LogP contribution is -2.10. The van der Waals surface area contributed by atoms with Gasteiger partial charge >= 0.3 is 6.16 Å². The standard InChI is InChI=1S/C22H20O3S/c23-22(24-15-18-7-3-1-4-8-18)25-21-13-11-20(12-14-21)17-26-16-19-9-5-2-6-10-19/h1-14H,15-17H2. The van der Waals surface area contributed by atoms with Crippen LogP contribution in [-0.4, -0.2) is 6.16 Å². The minimum Gasteiger partial charge on any atom is -0.429 e. The molecule has 3 aromatic carbocycles. The van der Waals surface area contributed by atoms with Crippen LogP contribution in [0.15, 0.2) is 84.9 Å². The molecule has 0 saturated heterocycles. The highest BCUT2D eigenvalue weighted by Gasteiger charge is 2.06. The lowest BCUT2D eigenvalue weighted by Gasteiger charge is -2.07. The van der Waals surface area contributed by atoms with E-state index in [9.17, 15) is 4.79 Å². The largest absolute Gasteiger partial charge is 0.514 e. The molecular weight excluding hydrogens is 344 g/mol. The quantitative estimate of drug-likeness (QED) is 0.390. The monoisotopic (exact) mass is 364 g/mol. The predicted octanol–water partition coefficient (Wildman–Crippen LogP) is 5.84. The van der Waals surface area contributed by atoms with Gasteiger partial charge in [-0.15, -0.1) is 0 Å². The number of hydrogen-bond acceptors (Lipinski definition) is 4. The van der Waals surface area contributed by atoms with Crippen LogP contribution in [0.5, 0.6) is 5.75 Å². The second kappa shape index (κ2) is 9.68. The summed E-state index contributed by atoms with van der Waals surface area (Å²) in [5.74, 6) is 2.37. The average molecular weight is 364 g/mol. The van der Waals surface area contributed by atoms with Crippen molar-refractivity contribution in [3.8, 4) is 5.75 Å². The van der Waals surface area contributed by atoms with Crippen LogP contribution in [-0.2, 0) is 22.8 Å². The van der Waals surface area contributed by atoms with Crippen LogP contribution >= 0.6 is 11.8 Å². The summed E-state index contributed by atoms with van der Waals surface area (Å²) in [6.45, 7) is 0.202. The fraction of sp³-hybridized carbons (Fsp3) is 0.136. The Kier molecular flexibility index (Phi) is 6.73. The van der Waals surface area contributed by atoms with Crippen LogP contribution < -0.4 is 4.74 Å². The summed E-state index contributed by atoms with van der Waals surface area (Å²) >= 11 is 1.85. The minimum absolute atomic E-state index is 0.202. The van der Waals surface area contributed by atoms with Gasteiger partial charge in [-0.05, 0) is 28.8 Å². The molecule has 0 aromatic heterocycles. The zero-order chi connectivity index (χ0) is 18.0. The topological polar surface area (TPSA) is 35.5 Å². The van der Waals surface area contributed by atoms with Crippen molar-refractivity contribution in [2.75, 3.05) is 0 Å². The molecule has 4 heteroatoms. The summed E-state index contributed by atoms with van der Waals surface area (Å²) in [6.07, 6.45) is -0.694. The molecule has 0 heterocycles.